The molecule has 0 aliphatic carbocycles. The van der Waals surface area contributed by atoms with Crippen LogP contribution < -0.4 is 5.32 Å². The zero-order valence-corrected chi connectivity index (χ0v) is 11.8. The van der Waals surface area contributed by atoms with Gasteiger partial charge < -0.3 is 10.2 Å². The summed E-state index contributed by atoms with van der Waals surface area (Å²) in [6.07, 6.45) is 0. The van der Waals surface area contributed by atoms with Crippen molar-refractivity contribution in [3.05, 3.63) is 58.3 Å². The van der Waals surface area contributed by atoms with Gasteiger partial charge in [-0.1, -0.05) is 36.4 Å². The van der Waals surface area contributed by atoms with E-state index < -0.39 is 0 Å². The molecule has 2 aromatic rings. The summed E-state index contributed by atoms with van der Waals surface area (Å²) >= 11 is 1.68. The number of benzene rings is 1. The van der Waals surface area contributed by atoms with Gasteiger partial charge in [0.2, 0.25) is 0 Å². The molecule has 0 saturated carbocycles. The summed E-state index contributed by atoms with van der Waals surface area (Å²) in [5.41, 5.74) is 1.11. The van der Waals surface area contributed by atoms with E-state index in [0.29, 0.717) is 19.6 Å². The van der Waals surface area contributed by atoms with E-state index in [1.54, 1.807) is 11.3 Å². The Morgan fingerprint density at radius 3 is 2.63 bits per heavy atom. The summed E-state index contributed by atoms with van der Waals surface area (Å²) < 4.78 is 0. The summed E-state index contributed by atoms with van der Waals surface area (Å²) in [6.45, 7) is 3.95. The summed E-state index contributed by atoms with van der Waals surface area (Å²) in [5, 5.41) is 4.99. The Morgan fingerprint density at radius 1 is 1.21 bits per heavy atom. The Balaban J connectivity index is 1.87. The van der Waals surface area contributed by atoms with E-state index in [-0.39, 0.29) is 6.03 Å². The van der Waals surface area contributed by atoms with Crippen molar-refractivity contribution in [2.45, 2.75) is 20.0 Å². The van der Waals surface area contributed by atoms with Crippen LogP contribution >= 0.6 is 11.3 Å². The van der Waals surface area contributed by atoms with Gasteiger partial charge in [0.1, 0.15) is 0 Å². The molecule has 100 valence electrons. The number of thiophene rings is 1. The van der Waals surface area contributed by atoms with E-state index in [9.17, 15) is 4.79 Å². The number of carbonyl (C=O) groups excluding carboxylic acids is 1. The maximum absolute atomic E-state index is 12.1. The van der Waals surface area contributed by atoms with Crippen LogP contribution in [0, 0.1) is 0 Å². The number of hydrogen-bond donors (Lipinski definition) is 1. The van der Waals surface area contributed by atoms with Gasteiger partial charge in [0.15, 0.2) is 0 Å². The number of hydrogen-bond acceptors (Lipinski definition) is 2. The second-order valence-corrected chi connectivity index (χ2v) is 5.27. The predicted molar refractivity (Wildman–Crippen MR) is 79.1 cm³/mol. The minimum absolute atomic E-state index is 0.0141. The molecule has 0 aliphatic heterocycles. The number of amides is 2. The van der Waals surface area contributed by atoms with Crippen molar-refractivity contribution in [1.29, 1.82) is 0 Å². The van der Waals surface area contributed by atoms with E-state index in [1.165, 1.54) is 4.88 Å². The first-order valence-corrected chi connectivity index (χ1v) is 7.26. The summed E-state index contributed by atoms with van der Waals surface area (Å²) in [4.78, 5) is 15.1. The largest absolute Gasteiger partial charge is 0.334 e. The zero-order valence-electron chi connectivity index (χ0n) is 11.0. The molecule has 0 aliphatic rings. The second-order valence-electron chi connectivity index (χ2n) is 4.24. The number of carbonyl (C=O) groups is 1. The van der Waals surface area contributed by atoms with Crippen molar-refractivity contribution in [1.82, 2.24) is 10.2 Å². The topological polar surface area (TPSA) is 32.3 Å². The van der Waals surface area contributed by atoms with Gasteiger partial charge in [-0.3, -0.25) is 0 Å². The van der Waals surface area contributed by atoms with Gasteiger partial charge in [-0.05, 0) is 23.9 Å². The highest BCUT2D eigenvalue weighted by atomic mass is 32.1. The molecule has 0 bridgehead atoms. The quantitative estimate of drug-likeness (QED) is 0.889. The van der Waals surface area contributed by atoms with Crippen LogP contribution in [-0.2, 0) is 13.1 Å². The van der Waals surface area contributed by atoms with Gasteiger partial charge in [0, 0.05) is 18.0 Å². The van der Waals surface area contributed by atoms with Crippen molar-refractivity contribution in [3.8, 4) is 0 Å². The van der Waals surface area contributed by atoms with Crippen LogP contribution in [0.2, 0.25) is 0 Å². The molecular formula is C15H18N2OS. The number of urea groups is 1. The molecule has 0 unspecified atom stereocenters. The van der Waals surface area contributed by atoms with E-state index in [4.69, 9.17) is 0 Å². The lowest BCUT2D eigenvalue weighted by Crippen LogP contribution is -2.38. The van der Waals surface area contributed by atoms with Crippen LogP contribution in [0.4, 0.5) is 4.79 Å². The fourth-order valence-electron chi connectivity index (χ4n) is 1.80. The Labute approximate surface area is 117 Å². The van der Waals surface area contributed by atoms with Gasteiger partial charge >= 0.3 is 6.03 Å². The monoisotopic (exact) mass is 274 g/mol. The third kappa shape index (κ3) is 4.10. The first-order chi connectivity index (χ1) is 9.29. The Bertz CT molecular complexity index is 496. The maximum Gasteiger partial charge on any atom is 0.317 e. The van der Waals surface area contributed by atoms with E-state index >= 15 is 0 Å². The van der Waals surface area contributed by atoms with Crippen LogP contribution in [0.15, 0.2) is 47.8 Å². The molecule has 0 spiro atoms. The fraction of sp³-hybridized carbons (Fsp3) is 0.267. The van der Waals surface area contributed by atoms with Gasteiger partial charge in [-0.15, -0.1) is 11.3 Å². The highest BCUT2D eigenvalue weighted by molar-refractivity contribution is 7.09. The molecule has 19 heavy (non-hydrogen) atoms. The van der Waals surface area contributed by atoms with Crippen molar-refractivity contribution in [3.63, 3.8) is 0 Å². The number of nitrogens with zero attached hydrogens (tertiary/aromatic N) is 1. The van der Waals surface area contributed by atoms with Crippen molar-refractivity contribution in [2.75, 3.05) is 6.54 Å². The van der Waals surface area contributed by atoms with Crippen LogP contribution in [0.1, 0.15) is 17.4 Å². The van der Waals surface area contributed by atoms with Gasteiger partial charge in [-0.25, -0.2) is 4.79 Å². The highest BCUT2D eigenvalue weighted by Crippen LogP contribution is 2.11. The minimum Gasteiger partial charge on any atom is -0.334 e. The van der Waals surface area contributed by atoms with Gasteiger partial charge in [0.25, 0.3) is 0 Å². The first-order valence-electron chi connectivity index (χ1n) is 6.38. The van der Waals surface area contributed by atoms with Crippen LogP contribution in [0.5, 0.6) is 0 Å². The standard InChI is InChI=1S/C15H18N2OS/c1-2-17(12-14-9-6-10-19-14)15(18)16-11-13-7-4-3-5-8-13/h3-10H,2,11-12H2,1H3,(H,16,18). The third-order valence-electron chi connectivity index (χ3n) is 2.88. The average Bonchev–Trinajstić information content (AvgIpc) is 2.96. The predicted octanol–water partition coefficient (Wildman–Crippen LogP) is 3.48. The van der Waals surface area contributed by atoms with E-state index in [0.717, 1.165) is 5.56 Å². The van der Waals surface area contributed by atoms with Crippen LogP contribution in [0.25, 0.3) is 0 Å². The highest BCUT2D eigenvalue weighted by Gasteiger charge is 2.11. The molecule has 0 atom stereocenters. The molecule has 0 saturated heterocycles. The number of rotatable bonds is 5. The Morgan fingerprint density at radius 2 is 2.00 bits per heavy atom. The molecule has 4 heteroatoms. The van der Waals surface area contributed by atoms with Gasteiger partial charge in [0.05, 0.1) is 6.54 Å². The molecule has 3 nitrogen and oxygen atoms in total. The Kier molecular flexibility index (Phi) is 4.98. The molecule has 2 amide bonds. The van der Waals surface area contributed by atoms with E-state index in [2.05, 4.69) is 11.4 Å². The molecule has 1 aromatic carbocycles. The van der Waals surface area contributed by atoms with Crippen LogP contribution in [-0.4, -0.2) is 17.5 Å². The lowest BCUT2D eigenvalue weighted by Gasteiger charge is -2.20. The Hall–Kier alpha value is -1.81. The molecular weight excluding hydrogens is 256 g/mol. The van der Waals surface area contributed by atoms with Crippen molar-refractivity contribution >= 4 is 17.4 Å². The van der Waals surface area contributed by atoms with Crippen molar-refractivity contribution < 1.29 is 4.79 Å². The summed E-state index contributed by atoms with van der Waals surface area (Å²) in [6, 6.07) is 14.0. The second kappa shape index (κ2) is 6.95. The molecule has 1 N–H and O–H groups in total. The molecule has 0 fully saturated rings. The molecule has 2 rings (SSSR count). The molecule has 1 aromatic heterocycles. The van der Waals surface area contributed by atoms with Gasteiger partial charge in [-0.2, -0.15) is 0 Å². The fourth-order valence-corrected chi connectivity index (χ4v) is 2.52. The summed E-state index contributed by atoms with van der Waals surface area (Å²) in [7, 11) is 0. The lowest BCUT2D eigenvalue weighted by molar-refractivity contribution is 0.198. The average molecular weight is 274 g/mol. The number of nitrogens with one attached hydrogen (secondary N) is 1. The normalized spacial score (nSPS) is 10.2. The third-order valence-corrected chi connectivity index (χ3v) is 3.74. The summed E-state index contributed by atoms with van der Waals surface area (Å²) in [5.74, 6) is 0. The zero-order chi connectivity index (χ0) is 13.5. The van der Waals surface area contributed by atoms with Crippen molar-refractivity contribution in [2.24, 2.45) is 0 Å². The molecule has 1 heterocycles. The van der Waals surface area contributed by atoms with E-state index in [1.807, 2.05) is 53.6 Å². The maximum atomic E-state index is 12.1. The molecule has 0 radical (unpaired) electrons. The first kappa shape index (κ1) is 13.6. The minimum atomic E-state index is -0.0141. The van der Waals surface area contributed by atoms with Crippen LogP contribution in [0.3, 0.4) is 0 Å². The SMILES string of the molecule is CCN(Cc1cccs1)C(=O)NCc1ccccc1. The lowest BCUT2D eigenvalue weighted by atomic mass is 10.2. The smallest absolute Gasteiger partial charge is 0.317 e.